The number of rotatable bonds is 6. The Morgan fingerprint density at radius 3 is 2.28 bits per heavy atom. The predicted molar refractivity (Wildman–Crippen MR) is 116 cm³/mol. The molecule has 1 atom stereocenters. The van der Waals surface area contributed by atoms with Crippen molar-refractivity contribution in [2.75, 3.05) is 6.61 Å². The lowest BCUT2D eigenvalue weighted by atomic mass is 10.0. The number of hydrogen-bond donors (Lipinski definition) is 0. The Hall–Kier alpha value is -4.02. The molecule has 0 fully saturated rings. The number of carbonyl (C=O) groups excluding carboxylic acids is 1. The Bertz CT molecular complexity index is 1360. The Morgan fingerprint density at radius 1 is 0.917 bits per heavy atom. The van der Waals surface area contributed by atoms with Gasteiger partial charge in [0.2, 0.25) is 12.0 Å². The van der Waals surface area contributed by atoms with Crippen molar-refractivity contribution in [3.8, 4) is 17.2 Å². The number of esters is 1. The molecular weight excluding hydrogens is 492 g/mol. The summed E-state index contributed by atoms with van der Waals surface area (Å²) < 4.78 is 96.5. The first kappa shape index (κ1) is 25.1. The van der Waals surface area contributed by atoms with E-state index in [1.807, 2.05) is 0 Å². The van der Waals surface area contributed by atoms with Crippen LogP contribution in [0.15, 0.2) is 71.1 Å². The topological polar surface area (TPSA) is 61.6 Å². The van der Waals surface area contributed by atoms with Crippen LogP contribution < -0.4 is 4.74 Å². The van der Waals surface area contributed by atoms with E-state index in [9.17, 15) is 31.1 Å². The molecule has 4 rings (SSSR count). The van der Waals surface area contributed by atoms with Crippen molar-refractivity contribution in [3.63, 3.8) is 0 Å². The van der Waals surface area contributed by atoms with Gasteiger partial charge in [-0.1, -0.05) is 24.3 Å². The van der Waals surface area contributed by atoms with E-state index in [0.717, 1.165) is 30.3 Å². The van der Waals surface area contributed by atoms with Crippen molar-refractivity contribution in [1.82, 2.24) is 4.98 Å². The molecule has 11 heteroatoms. The molecule has 1 aromatic heterocycles. The molecule has 0 aliphatic carbocycles. The second kappa shape index (κ2) is 9.56. The summed E-state index contributed by atoms with van der Waals surface area (Å²) in [6.45, 7) is 1.38. The fourth-order valence-electron chi connectivity index (χ4n) is 3.44. The number of alkyl halides is 6. The number of nitrogens with zero attached hydrogens (tertiary/aromatic N) is 1. The van der Waals surface area contributed by atoms with Crippen molar-refractivity contribution >= 4 is 17.1 Å². The van der Waals surface area contributed by atoms with Crippen LogP contribution in [0, 0.1) is 0 Å². The molecule has 36 heavy (non-hydrogen) atoms. The first-order valence-corrected chi connectivity index (χ1v) is 10.5. The molecule has 0 aliphatic rings. The van der Waals surface area contributed by atoms with E-state index in [0.29, 0.717) is 11.6 Å². The third-order valence-electron chi connectivity index (χ3n) is 5.09. The molecule has 0 saturated carbocycles. The second-order valence-corrected chi connectivity index (χ2v) is 7.57. The van der Waals surface area contributed by atoms with Gasteiger partial charge in [0.05, 0.1) is 23.3 Å². The van der Waals surface area contributed by atoms with Gasteiger partial charge in [0, 0.05) is 5.56 Å². The Balaban J connectivity index is 1.84. The van der Waals surface area contributed by atoms with Gasteiger partial charge in [-0.3, -0.25) is 0 Å². The van der Waals surface area contributed by atoms with Crippen LogP contribution in [0.5, 0.6) is 5.75 Å². The number of aromatic nitrogens is 1. The number of halogens is 6. The number of benzene rings is 3. The Kier molecular flexibility index (Phi) is 6.66. The molecule has 0 saturated heterocycles. The smallest absolute Gasteiger partial charge is 0.416 e. The van der Waals surface area contributed by atoms with Crippen molar-refractivity contribution in [1.29, 1.82) is 0 Å². The highest BCUT2D eigenvalue weighted by Crippen LogP contribution is 2.40. The number of carbonyl (C=O) groups is 1. The van der Waals surface area contributed by atoms with Gasteiger partial charge in [-0.2, -0.15) is 26.3 Å². The van der Waals surface area contributed by atoms with Gasteiger partial charge in [0.1, 0.15) is 11.3 Å². The summed E-state index contributed by atoms with van der Waals surface area (Å²) >= 11 is 0. The predicted octanol–water partition coefficient (Wildman–Crippen LogP) is 7.22. The minimum atomic E-state index is -4.72. The maximum atomic E-state index is 13.5. The molecule has 0 N–H and O–H groups in total. The van der Waals surface area contributed by atoms with Crippen LogP contribution in [0.2, 0.25) is 0 Å². The molecule has 0 aliphatic heterocycles. The normalized spacial score (nSPS) is 13.0. The van der Waals surface area contributed by atoms with Gasteiger partial charge in [-0.15, -0.1) is 0 Å². The molecule has 0 spiro atoms. The molecular formula is C25H17F6NO4. The van der Waals surface area contributed by atoms with Crippen LogP contribution in [0.1, 0.15) is 29.7 Å². The Labute approximate surface area is 200 Å². The van der Waals surface area contributed by atoms with Crippen LogP contribution in [0.4, 0.5) is 26.3 Å². The van der Waals surface area contributed by atoms with Gasteiger partial charge >= 0.3 is 18.3 Å². The van der Waals surface area contributed by atoms with Gasteiger partial charge in [0.25, 0.3) is 0 Å². The zero-order valence-electron chi connectivity index (χ0n) is 18.5. The molecule has 0 bridgehead atoms. The largest absolute Gasteiger partial charge is 0.473 e. The lowest BCUT2D eigenvalue weighted by Gasteiger charge is -2.21. The van der Waals surface area contributed by atoms with Crippen molar-refractivity contribution < 1.29 is 45.0 Å². The van der Waals surface area contributed by atoms with Gasteiger partial charge in [-0.25, -0.2) is 9.78 Å². The standard InChI is InChI=1S/C25H17F6NO4/c1-2-34-23(33)21(14-6-5-7-15(12-14)24(26,27)28)35-19-11-10-16(25(29,30)31)13-17(19)22-32-18-8-3-4-9-20(18)36-22/h3-13,21H,2H2,1H3. The highest BCUT2D eigenvalue weighted by Gasteiger charge is 2.35. The van der Waals surface area contributed by atoms with Crippen molar-refractivity contribution in [2.45, 2.75) is 25.4 Å². The molecule has 1 unspecified atom stereocenters. The number of fused-ring (bicyclic) bond motifs is 1. The van der Waals surface area contributed by atoms with Crippen LogP contribution in [0.25, 0.3) is 22.6 Å². The zero-order chi connectivity index (χ0) is 26.1. The average Bonchev–Trinajstić information content (AvgIpc) is 3.26. The first-order valence-electron chi connectivity index (χ1n) is 10.5. The monoisotopic (exact) mass is 509 g/mol. The quantitative estimate of drug-likeness (QED) is 0.203. The van der Waals surface area contributed by atoms with E-state index in [1.54, 1.807) is 24.3 Å². The minimum Gasteiger partial charge on any atom is -0.473 e. The summed E-state index contributed by atoms with van der Waals surface area (Å²) in [6.07, 6.45) is -11.1. The lowest BCUT2D eigenvalue weighted by Crippen LogP contribution is -2.22. The summed E-state index contributed by atoms with van der Waals surface area (Å²) in [6, 6.07) is 12.7. The number of ether oxygens (including phenoxy) is 2. The molecule has 3 aromatic carbocycles. The summed E-state index contributed by atoms with van der Waals surface area (Å²) in [5.74, 6) is -1.53. The second-order valence-electron chi connectivity index (χ2n) is 7.57. The zero-order valence-corrected chi connectivity index (χ0v) is 18.5. The minimum absolute atomic E-state index is 0.108. The third kappa shape index (κ3) is 5.29. The van der Waals surface area contributed by atoms with Gasteiger partial charge < -0.3 is 13.9 Å². The van der Waals surface area contributed by atoms with Crippen LogP contribution in [-0.2, 0) is 21.9 Å². The van der Waals surface area contributed by atoms with Gasteiger partial charge in [0.15, 0.2) is 5.58 Å². The van der Waals surface area contributed by atoms with Crippen molar-refractivity contribution in [2.24, 2.45) is 0 Å². The van der Waals surface area contributed by atoms with E-state index in [2.05, 4.69) is 4.98 Å². The lowest BCUT2D eigenvalue weighted by molar-refractivity contribution is -0.152. The average molecular weight is 509 g/mol. The van der Waals surface area contributed by atoms with Crippen LogP contribution >= 0.6 is 0 Å². The Morgan fingerprint density at radius 2 is 1.61 bits per heavy atom. The maximum absolute atomic E-state index is 13.5. The van der Waals surface area contributed by atoms with E-state index in [-0.39, 0.29) is 35.0 Å². The van der Waals surface area contributed by atoms with E-state index in [4.69, 9.17) is 13.9 Å². The molecule has 4 aromatic rings. The fraction of sp³-hybridized carbons (Fsp3) is 0.200. The third-order valence-corrected chi connectivity index (χ3v) is 5.09. The summed E-state index contributed by atoms with van der Waals surface area (Å²) in [7, 11) is 0. The highest BCUT2D eigenvalue weighted by molar-refractivity contribution is 5.79. The summed E-state index contributed by atoms with van der Waals surface area (Å²) in [5.41, 5.74) is -1.89. The van der Waals surface area contributed by atoms with E-state index < -0.39 is 35.6 Å². The maximum Gasteiger partial charge on any atom is 0.416 e. The molecule has 0 amide bonds. The molecule has 188 valence electrons. The summed E-state index contributed by atoms with van der Waals surface area (Å²) in [5, 5.41) is 0. The molecule has 0 radical (unpaired) electrons. The van der Waals surface area contributed by atoms with Crippen LogP contribution in [-0.4, -0.2) is 17.6 Å². The number of para-hydroxylation sites is 2. The highest BCUT2D eigenvalue weighted by atomic mass is 19.4. The summed E-state index contributed by atoms with van der Waals surface area (Å²) in [4.78, 5) is 16.9. The number of oxazole rings is 1. The molecule has 5 nitrogen and oxygen atoms in total. The fourth-order valence-corrected chi connectivity index (χ4v) is 3.44. The van der Waals surface area contributed by atoms with E-state index in [1.165, 1.54) is 13.0 Å². The van der Waals surface area contributed by atoms with Gasteiger partial charge in [-0.05, 0) is 49.4 Å². The van der Waals surface area contributed by atoms with E-state index >= 15 is 0 Å². The SMILES string of the molecule is CCOC(=O)C(Oc1ccc(C(F)(F)F)cc1-c1nc2ccccc2o1)c1cccc(C(F)(F)F)c1. The first-order chi connectivity index (χ1) is 17.0. The van der Waals surface area contributed by atoms with Crippen molar-refractivity contribution in [3.05, 3.63) is 83.4 Å². The molecule has 1 heterocycles. The number of hydrogen-bond acceptors (Lipinski definition) is 5. The van der Waals surface area contributed by atoms with Crippen LogP contribution in [0.3, 0.4) is 0 Å².